The molecule has 0 bridgehead atoms. The molecule has 2 aromatic rings. The lowest BCUT2D eigenvalue weighted by atomic mass is 9.94. The second kappa shape index (κ2) is 6.64. The van der Waals surface area contributed by atoms with Crippen LogP contribution in [0.2, 0.25) is 0 Å². The number of hydrogen-bond acceptors (Lipinski definition) is 1. The van der Waals surface area contributed by atoms with Crippen molar-refractivity contribution in [2.45, 2.75) is 32.0 Å². The van der Waals surface area contributed by atoms with E-state index in [1.54, 1.807) is 18.1 Å². The Bertz CT molecular complexity index is 852. The third-order valence-corrected chi connectivity index (χ3v) is 4.26. The van der Waals surface area contributed by atoms with Gasteiger partial charge in [0, 0.05) is 17.9 Å². The molecule has 0 aliphatic carbocycles. The van der Waals surface area contributed by atoms with Crippen molar-refractivity contribution in [1.82, 2.24) is 0 Å². The van der Waals surface area contributed by atoms with E-state index >= 15 is 0 Å². The molecule has 1 aliphatic heterocycles. The van der Waals surface area contributed by atoms with Gasteiger partial charge in [-0.1, -0.05) is 25.0 Å². The Balaban J connectivity index is 2.00. The van der Waals surface area contributed by atoms with Crippen LogP contribution in [-0.2, 0) is 4.74 Å². The molecule has 0 saturated carbocycles. The summed E-state index contributed by atoms with van der Waals surface area (Å²) < 4.78 is 70.7. The van der Waals surface area contributed by atoms with E-state index in [-0.39, 0.29) is 16.9 Å². The quantitative estimate of drug-likeness (QED) is 0.484. The van der Waals surface area contributed by atoms with Gasteiger partial charge in [-0.15, -0.1) is 0 Å². The van der Waals surface area contributed by atoms with Crippen molar-refractivity contribution in [3.05, 3.63) is 47.0 Å². The second-order valence-electron chi connectivity index (χ2n) is 6.28. The maximum absolute atomic E-state index is 14.4. The van der Waals surface area contributed by atoms with Gasteiger partial charge in [-0.3, -0.25) is 0 Å². The van der Waals surface area contributed by atoms with Crippen molar-refractivity contribution in [2.75, 3.05) is 6.61 Å². The molecule has 2 atom stereocenters. The Morgan fingerprint density at radius 3 is 2.52 bits per heavy atom. The van der Waals surface area contributed by atoms with Crippen LogP contribution in [-0.4, -0.2) is 12.8 Å². The highest BCUT2D eigenvalue weighted by atomic mass is 19.4. The first-order valence-electron chi connectivity index (χ1n) is 7.88. The number of fused-ring (bicyclic) bond motifs is 1. The molecule has 0 spiro atoms. The van der Waals surface area contributed by atoms with Gasteiger partial charge in [0.2, 0.25) is 0 Å². The summed E-state index contributed by atoms with van der Waals surface area (Å²) in [6, 6.07) is 5.71. The van der Waals surface area contributed by atoms with Gasteiger partial charge in [-0.05, 0) is 41.8 Å². The van der Waals surface area contributed by atoms with Crippen molar-refractivity contribution >= 4 is 10.8 Å². The molecule has 25 heavy (non-hydrogen) atoms. The molecule has 1 heterocycles. The van der Waals surface area contributed by atoms with Gasteiger partial charge >= 0.3 is 6.18 Å². The highest BCUT2D eigenvalue weighted by molar-refractivity contribution is 5.85. The normalized spacial score (nSPS) is 21.0. The first-order valence-corrected chi connectivity index (χ1v) is 7.88. The highest BCUT2D eigenvalue weighted by Gasteiger charge is 2.24. The standard InChI is InChI=1S/C19H15F5O/c1-11-2-5-17(25-10-11)12-3-4-14-13(8-12)9-16(20)15(18(14)21)6-7-19(22,23)24/h3-4,8-9,11,17H,2,5,10H2,1H3. The Morgan fingerprint density at radius 2 is 1.88 bits per heavy atom. The monoisotopic (exact) mass is 354 g/mol. The minimum absolute atomic E-state index is 0.0285. The van der Waals surface area contributed by atoms with E-state index < -0.39 is 23.4 Å². The molecule has 1 saturated heterocycles. The molecule has 1 nitrogen and oxygen atoms in total. The summed E-state index contributed by atoms with van der Waals surface area (Å²) in [7, 11) is 0. The molecule has 0 N–H and O–H groups in total. The Hall–Kier alpha value is -2.13. The summed E-state index contributed by atoms with van der Waals surface area (Å²) in [6.45, 7) is 2.71. The Labute approximate surface area is 141 Å². The van der Waals surface area contributed by atoms with Crippen LogP contribution in [0.15, 0.2) is 24.3 Å². The molecule has 2 aromatic carbocycles. The van der Waals surface area contributed by atoms with Crippen LogP contribution < -0.4 is 0 Å². The van der Waals surface area contributed by atoms with Gasteiger partial charge in [0.1, 0.15) is 11.6 Å². The number of hydrogen-bond donors (Lipinski definition) is 0. The Kier molecular flexibility index (Phi) is 4.70. The predicted octanol–water partition coefficient (Wildman–Crippen LogP) is 5.52. The van der Waals surface area contributed by atoms with E-state index in [0.29, 0.717) is 12.5 Å². The van der Waals surface area contributed by atoms with Gasteiger partial charge in [0.15, 0.2) is 0 Å². The van der Waals surface area contributed by atoms with Crippen LogP contribution in [0.4, 0.5) is 22.0 Å². The van der Waals surface area contributed by atoms with Gasteiger partial charge in [-0.25, -0.2) is 8.78 Å². The lowest BCUT2D eigenvalue weighted by Gasteiger charge is -2.27. The third-order valence-electron chi connectivity index (χ3n) is 4.26. The van der Waals surface area contributed by atoms with Crippen molar-refractivity contribution in [3.63, 3.8) is 0 Å². The fraction of sp³-hybridized carbons (Fsp3) is 0.368. The summed E-state index contributed by atoms with van der Waals surface area (Å²) in [5.74, 6) is 0.721. The molecule has 132 valence electrons. The number of halogens is 5. The fourth-order valence-electron chi connectivity index (χ4n) is 2.94. The highest BCUT2D eigenvalue weighted by Crippen LogP contribution is 2.33. The molecule has 1 fully saturated rings. The molecule has 0 amide bonds. The van der Waals surface area contributed by atoms with Crippen LogP contribution in [0.5, 0.6) is 0 Å². The van der Waals surface area contributed by atoms with E-state index in [1.165, 1.54) is 6.07 Å². The molecule has 0 aromatic heterocycles. The van der Waals surface area contributed by atoms with E-state index in [1.807, 2.05) is 0 Å². The van der Waals surface area contributed by atoms with Crippen LogP contribution >= 0.6 is 0 Å². The molecule has 0 radical (unpaired) electrons. The fourth-order valence-corrected chi connectivity index (χ4v) is 2.94. The number of benzene rings is 2. The largest absolute Gasteiger partial charge is 0.458 e. The number of rotatable bonds is 1. The topological polar surface area (TPSA) is 9.23 Å². The van der Waals surface area contributed by atoms with Crippen LogP contribution in [0.1, 0.15) is 37.0 Å². The average Bonchev–Trinajstić information content (AvgIpc) is 2.53. The van der Waals surface area contributed by atoms with E-state index in [4.69, 9.17) is 4.74 Å². The minimum atomic E-state index is -4.81. The SMILES string of the molecule is CC1CCC(c2ccc3c(F)c(C#CC(F)(F)F)c(F)cc3c2)OC1. The zero-order valence-corrected chi connectivity index (χ0v) is 13.4. The van der Waals surface area contributed by atoms with E-state index in [9.17, 15) is 22.0 Å². The molecule has 3 rings (SSSR count). The summed E-state index contributed by atoms with van der Waals surface area (Å²) in [4.78, 5) is 0. The molecular formula is C19H15F5O. The van der Waals surface area contributed by atoms with E-state index in [0.717, 1.165) is 30.4 Å². The zero-order chi connectivity index (χ0) is 18.2. The lowest BCUT2D eigenvalue weighted by molar-refractivity contribution is -0.0696. The summed E-state index contributed by atoms with van der Waals surface area (Å²) in [6.07, 6.45) is -3.14. The van der Waals surface area contributed by atoms with Crippen molar-refractivity contribution in [3.8, 4) is 11.8 Å². The summed E-state index contributed by atoms with van der Waals surface area (Å²) in [5.41, 5.74) is -0.0763. The van der Waals surface area contributed by atoms with Crippen molar-refractivity contribution in [2.24, 2.45) is 5.92 Å². The molecular weight excluding hydrogens is 339 g/mol. The van der Waals surface area contributed by atoms with Gasteiger partial charge in [0.25, 0.3) is 0 Å². The minimum Gasteiger partial charge on any atom is -0.373 e. The van der Waals surface area contributed by atoms with Gasteiger partial charge in [-0.2, -0.15) is 13.2 Å². The maximum Gasteiger partial charge on any atom is 0.458 e. The first kappa shape index (κ1) is 17.7. The van der Waals surface area contributed by atoms with Crippen LogP contribution in [0.25, 0.3) is 10.8 Å². The zero-order valence-electron chi connectivity index (χ0n) is 13.4. The van der Waals surface area contributed by atoms with Crippen molar-refractivity contribution < 1.29 is 26.7 Å². The van der Waals surface area contributed by atoms with Gasteiger partial charge in [0.05, 0.1) is 11.7 Å². The number of ether oxygens (including phenoxy) is 1. The summed E-state index contributed by atoms with van der Waals surface area (Å²) >= 11 is 0. The first-order chi connectivity index (χ1) is 11.7. The van der Waals surface area contributed by atoms with Crippen LogP contribution in [0.3, 0.4) is 0 Å². The third kappa shape index (κ3) is 3.93. The second-order valence-corrected chi connectivity index (χ2v) is 6.28. The van der Waals surface area contributed by atoms with Gasteiger partial charge < -0.3 is 4.74 Å². The van der Waals surface area contributed by atoms with E-state index in [2.05, 4.69) is 6.92 Å². The molecule has 2 unspecified atom stereocenters. The smallest absolute Gasteiger partial charge is 0.373 e. The van der Waals surface area contributed by atoms with Crippen molar-refractivity contribution in [1.29, 1.82) is 0 Å². The Morgan fingerprint density at radius 1 is 1.12 bits per heavy atom. The maximum atomic E-state index is 14.4. The number of alkyl halides is 3. The molecule has 6 heteroatoms. The predicted molar refractivity (Wildman–Crippen MR) is 83.9 cm³/mol. The molecule has 1 aliphatic rings. The lowest BCUT2D eigenvalue weighted by Crippen LogP contribution is -2.18. The summed E-state index contributed by atoms with van der Waals surface area (Å²) in [5, 5.41) is 0.299. The average molecular weight is 354 g/mol. The van der Waals surface area contributed by atoms with Crippen LogP contribution in [0, 0.1) is 29.4 Å².